The second-order valence-corrected chi connectivity index (χ2v) is 4.80. The molecule has 0 unspecified atom stereocenters. The maximum absolute atomic E-state index is 5.62. The van der Waals surface area contributed by atoms with Crippen molar-refractivity contribution in [3.05, 3.63) is 24.0 Å². The predicted octanol–water partition coefficient (Wildman–Crippen LogP) is 0.771. The summed E-state index contributed by atoms with van der Waals surface area (Å²) in [6, 6.07) is 4.53. The fraction of sp³-hybridized carbons (Fsp3) is 0.692. The summed E-state index contributed by atoms with van der Waals surface area (Å²) in [5.74, 6) is 0. The van der Waals surface area contributed by atoms with Gasteiger partial charge in [-0.05, 0) is 12.1 Å². The molecular formula is C13H20N2O3. The van der Waals surface area contributed by atoms with Crippen LogP contribution < -0.4 is 0 Å². The van der Waals surface area contributed by atoms with Crippen LogP contribution in [0.4, 0.5) is 0 Å². The largest absolute Gasteiger partial charge is 0.378 e. The minimum Gasteiger partial charge on any atom is -0.378 e. The summed E-state index contributed by atoms with van der Waals surface area (Å²) in [5, 5.41) is 0. The van der Waals surface area contributed by atoms with Gasteiger partial charge in [0.2, 0.25) is 0 Å². The van der Waals surface area contributed by atoms with E-state index >= 15 is 0 Å². The molecule has 0 N–H and O–H groups in total. The molecule has 0 aliphatic carbocycles. The SMILES string of the molecule is Cn1cccc1[C@@H]1COCCN1CC1OCCO1. The second kappa shape index (κ2) is 5.40. The van der Waals surface area contributed by atoms with E-state index in [-0.39, 0.29) is 6.29 Å². The van der Waals surface area contributed by atoms with Crippen LogP contribution in [-0.2, 0) is 21.3 Å². The summed E-state index contributed by atoms with van der Waals surface area (Å²) in [5.41, 5.74) is 1.28. The summed E-state index contributed by atoms with van der Waals surface area (Å²) in [7, 11) is 2.07. The first-order valence-electron chi connectivity index (χ1n) is 6.51. The van der Waals surface area contributed by atoms with Gasteiger partial charge >= 0.3 is 0 Å². The first kappa shape index (κ1) is 12.2. The van der Waals surface area contributed by atoms with Gasteiger partial charge in [0.05, 0.1) is 39.0 Å². The van der Waals surface area contributed by atoms with E-state index in [2.05, 4.69) is 34.8 Å². The Morgan fingerprint density at radius 2 is 2.11 bits per heavy atom. The third-order valence-corrected chi connectivity index (χ3v) is 3.64. The molecule has 0 amide bonds. The van der Waals surface area contributed by atoms with Gasteiger partial charge in [0.15, 0.2) is 6.29 Å². The lowest BCUT2D eigenvalue weighted by atomic mass is 10.1. The van der Waals surface area contributed by atoms with E-state index in [0.717, 1.165) is 26.3 Å². The van der Waals surface area contributed by atoms with Crippen LogP contribution >= 0.6 is 0 Å². The molecule has 18 heavy (non-hydrogen) atoms. The third-order valence-electron chi connectivity index (χ3n) is 3.64. The van der Waals surface area contributed by atoms with Crippen molar-refractivity contribution in [3.63, 3.8) is 0 Å². The van der Waals surface area contributed by atoms with Gasteiger partial charge in [0.25, 0.3) is 0 Å². The van der Waals surface area contributed by atoms with E-state index in [0.29, 0.717) is 19.3 Å². The predicted molar refractivity (Wildman–Crippen MR) is 66.2 cm³/mol. The van der Waals surface area contributed by atoms with Crippen molar-refractivity contribution >= 4 is 0 Å². The molecule has 0 radical (unpaired) electrons. The average Bonchev–Trinajstić information content (AvgIpc) is 3.02. The second-order valence-electron chi connectivity index (χ2n) is 4.80. The van der Waals surface area contributed by atoms with Crippen LogP contribution in [0.15, 0.2) is 18.3 Å². The molecule has 0 aromatic carbocycles. The summed E-state index contributed by atoms with van der Waals surface area (Å²) >= 11 is 0. The number of nitrogens with zero attached hydrogens (tertiary/aromatic N) is 2. The Morgan fingerprint density at radius 1 is 1.28 bits per heavy atom. The van der Waals surface area contributed by atoms with Crippen LogP contribution in [0.3, 0.4) is 0 Å². The van der Waals surface area contributed by atoms with E-state index in [9.17, 15) is 0 Å². The summed E-state index contributed by atoms with van der Waals surface area (Å²) in [4.78, 5) is 2.40. The molecule has 3 rings (SSSR count). The van der Waals surface area contributed by atoms with E-state index in [1.807, 2.05) is 0 Å². The minimum absolute atomic E-state index is 0.0779. The lowest BCUT2D eigenvalue weighted by molar-refractivity contribution is -0.0941. The Morgan fingerprint density at radius 3 is 2.83 bits per heavy atom. The molecular weight excluding hydrogens is 232 g/mol. The average molecular weight is 252 g/mol. The molecule has 0 bridgehead atoms. The Kier molecular flexibility index (Phi) is 3.65. The van der Waals surface area contributed by atoms with Crippen LogP contribution in [0.2, 0.25) is 0 Å². The maximum atomic E-state index is 5.62. The van der Waals surface area contributed by atoms with Gasteiger partial charge in [0.1, 0.15) is 0 Å². The highest BCUT2D eigenvalue weighted by Crippen LogP contribution is 2.25. The van der Waals surface area contributed by atoms with Crippen molar-refractivity contribution < 1.29 is 14.2 Å². The zero-order valence-corrected chi connectivity index (χ0v) is 10.7. The molecule has 3 heterocycles. The Balaban J connectivity index is 1.71. The van der Waals surface area contributed by atoms with Crippen molar-refractivity contribution in [2.45, 2.75) is 12.3 Å². The van der Waals surface area contributed by atoms with Crippen LogP contribution in [0.25, 0.3) is 0 Å². The molecule has 2 aliphatic rings. The number of aryl methyl sites for hydroxylation is 1. The molecule has 100 valence electrons. The van der Waals surface area contributed by atoms with Gasteiger partial charge in [-0.2, -0.15) is 0 Å². The van der Waals surface area contributed by atoms with Crippen molar-refractivity contribution in [1.82, 2.24) is 9.47 Å². The highest BCUT2D eigenvalue weighted by atomic mass is 16.7. The molecule has 5 heteroatoms. The van der Waals surface area contributed by atoms with Crippen LogP contribution in [0, 0.1) is 0 Å². The summed E-state index contributed by atoms with van der Waals surface area (Å²) < 4.78 is 18.9. The molecule has 2 saturated heterocycles. The standard InChI is InChI=1S/C13H20N2O3/c1-14-4-2-3-11(14)12-10-16-6-5-15(12)9-13-17-7-8-18-13/h2-4,12-13H,5-10H2,1H3/t12-/m0/s1. The fourth-order valence-electron chi connectivity index (χ4n) is 2.65. The normalized spacial score (nSPS) is 26.8. The lowest BCUT2D eigenvalue weighted by Crippen LogP contribution is -2.44. The van der Waals surface area contributed by atoms with Crippen molar-refractivity contribution in [1.29, 1.82) is 0 Å². The van der Waals surface area contributed by atoms with Crippen LogP contribution in [0.1, 0.15) is 11.7 Å². The fourth-order valence-corrected chi connectivity index (χ4v) is 2.65. The molecule has 2 fully saturated rings. The first-order valence-corrected chi connectivity index (χ1v) is 6.51. The van der Waals surface area contributed by atoms with Crippen molar-refractivity contribution in [2.24, 2.45) is 7.05 Å². The molecule has 0 spiro atoms. The number of ether oxygens (including phenoxy) is 3. The van der Waals surface area contributed by atoms with E-state index in [1.54, 1.807) is 0 Å². The third kappa shape index (κ3) is 2.44. The smallest absolute Gasteiger partial charge is 0.170 e. The highest BCUT2D eigenvalue weighted by Gasteiger charge is 2.29. The number of rotatable bonds is 3. The van der Waals surface area contributed by atoms with Crippen LogP contribution in [-0.4, -0.2) is 55.3 Å². The highest BCUT2D eigenvalue weighted by molar-refractivity contribution is 5.12. The van der Waals surface area contributed by atoms with Crippen molar-refractivity contribution in [2.75, 3.05) is 39.5 Å². The lowest BCUT2D eigenvalue weighted by Gasteiger charge is -2.36. The topological polar surface area (TPSA) is 35.9 Å². The van der Waals surface area contributed by atoms with Gasteiger partial charge in [0, 0.05) is 25.5 Å². The molecule has 5 nitrogen and oxygen atoms in total. The number of aromatic nitrogens is 1. The molecule has 1 aromatic heterocycles. The van der Waals surface area contributed by atoms with Gasteiger partial charge in [-0.15, -0.1) is 0 Å². The van der Waals surface area contributed by atoms with E-state index in [4.69, 9.17) is 14.2 Å². The molecule has 1 atom stereocenters. The Hall–Kier alpha value is -0.880. The van der Waals surface area contributed by atoms with Gasteiger partial charge in [-0.1, -0.05) is 0 Å². The van der Waals surface area contributed by atoms with Gasteiger partial charge in [-0.25, -0.2) is 0 Å². The molecule has 0 saturated carbocycles. The number of hydrogen-bond acceptors (Lipinski definition) is 4. The Labute approximate surface area is 107 Å². The maximum Gasteiger partial charge on any atom is 0.170 e. The quantitative estimate of drug-likeness (QED) is 0.796. The first-order chi connectivity index (χ1) is 8.84. The van der Waals surface area contributed by atoms with E-state index in [1.165, 1.54) is 5.69 Å². The van der Waals surface area contributed by atoms with Crippen molar-refractivity contribution in [3.8, 4) is 0 Å². The zero-order chi connectivity index (χ0) is 12.4. The zero-order valence-electron chi connectivity index (χ0n) is 10.7. The number of morpholine rings is 1. The Bertz CT molecular complexity index is 387. The van der Waals surface area contributed by atoms with Crippen LogP contribution in [0.5, 0.6) is 0 Å². The molecule has 1 aromatic rings. The van der Waals surface area contributed by atoms with Gasteiger partial charge < -0.3 is 18.8 Å². The van der Waals surface area contributed by atoms with E-state index < -0.39 is 0 Å². The number of hydrogen-bond donors (Lipinski definition) is 0. The summed E-state index contributed by atoms with van der Waals surface area (Å²) in [6.45, 7) is 4.70. The minimum atomic E-state index is -0.0779. The summed E-state index contributed by atoms with van der Waals surface area (Å²) in [6.07, 6.45) is 2.00. The molecule has 2 aliphatic heterocycles. The van der Waals surface area contributed by atoms with Gasteiger partial charge in [-0.3, -0.25) is 4.90 Å². The monoisotopic (exact) mass is 252 g/mol.